The molecule has 8 heteroatoms. The number of hydrogen-bond acceptors (Lipinski definition) is 4. The van der Waals surface area contributed by atoms with Crippen LogP contribution in [-0.4, -0.2) is 138 Å². The summed E-state index contributed by atoms with van der Waals surface area (Å²) in [6.07, 6.45) is 23.8. The lowest BCUT2D eigenvalue weighted by Gasteiger charge is -2.31. The fourth-order valence-corrected chi connectivity index (χ4v) is 7.26. The van der Waals surface area contributed by atoms with Crippen LogP contribution in [0, 0.1) is 11.8 Å². The maximum absolute atomic E-state index is 12.7. The highest BCUT2D eigenvalue weighted by Crippen LogP contribution is 2.17. The number of nitrogens with one attached hydrogen (secondary N) is 2. The summed E-state index contributed by atoms with van der Waals surface area (Å²) < 4.78 is 2.04. The first-order chi connectivity index (χ1) is 24.7. The lowest BCUT2D eigenvalue weighted by molar-refractivity contribution is -0.890. The van der Waals surface area contributed by atoms with Gasteiger partial charge < -0.3 is 29.4 Å². The van der Waals surface area contributed by atoms with Crippen molar-refractivity contribution in [2.24, 2.45) is 11.8 Å². The van der Waals surface area contributed by atoms with Crippen molar-refractivity contribution in [2.45, 2.75) is 156 Å². The Bertz CT molecular complexity index is 783. The Labute approximate surface area is 325 Å². The van der Waals surface area contributed by atoms with Gasteiger partial charge in [-0.3, -0.25) is 9.59 Å². The number of rotatable bonds is 37. The Kier molecular flexibility index (Phi) is 31.3. The zero-order valence-electron chi connectivity index (χ0n) is 37.0. The quantitative estimate of drug-likeness (QED) is 0.0497. The average Bonchev–Trinajstić information content (AvgIpc) is 3.08. The Morgan fingerprint density at radius 2 is 0.808 bits per heavy atom. The van der Waals surface area contributed by atoms with E-state index in [4.69, 9.17) is 0 Å². The van der Waals surface area contributed by atoms with Crippen molar-refractivity contribution in [3.05, 3.63) is 0 Å². The van der Waals surface area contributed by atoms with Crippen LogP contribution in [0.15, 0.2) is 0 Å². The van der Waals surface area contributed by atoms with Crippen LogP contribution >= 0.6 is 0 Å². The minimum absolute atomic E-state index is 0.317. The highest BCUT2D eigenvalue weighted by Gasteiger charge is 2.19. The van der Waals surface area contributed by atoms with E-state index in [0.717, 1.165) is 74.2 Å². The van der Waals surface area contributed by atoms with Crippen LogP contribution in [0.5, 0.6) is 0 Å². The van der Waals surface area contributed by atoms with Gasteiger partial charge in [-0.25, -0.2) is 0 Å². The predicted molar refractivity (Wildman–Crippen MR) is 227 cm³/mol. The van der Waals surface area contributed by atoms with Crippen LogP contribution < -0.4 is 10.6 Å². The minimum atomic E-state index is 0.317. The first kappa shape index (κ1) is 50.8. The van der Waals surface area contributed by atoms with E-state index in [1.165, 1.54) is 116 Å². The second kappa shape index (κ2) is 32.1. The van der Waals surface area contributed by atoms with Gasteiger partial charge >= 0.3 is 0 Å². The number of amides is 2. The predicted octanol–water partition coefficient (Wildman–Crippen LogP) is 8.35. The zero-order chi connectivity index (χ0) is 39.1. The van der Waals surface area contributed by atoms with Gasteiger partial charge in [0.15, 0.2) is 0 Å². The molecule has 0 aliphatic carbocycles. The van der Waals surface area contributed by atoms with Gasteiger partial charge in [-0.2, -0.15) is 0 Å². The van der Waals surface area contributed by atoms with Gasteiger partial charge in [0, 0.05) is 78.8 Å². The first-order valence-electron chi connectivity index (χ1n) is 22.3. The molecule has 0 spiro atoms. The van der Waals surface area contributed by atoms with Crippen molar-refractivity contribution in [3.8, 4) is 0 Å². The molecule has 0 aromatic rings. The Hall–Kier alpha value is -1.22. The molecule has 0 heterocycles. The molecule has 0 aromatic carbocycles. The maximum Gasteiger partial charge on any atom is 0.222 e. The molecule has 0 saturated heterocycles. The van der Waals surface area contributed by atoms with Crippen molar-refractivity contribution in [3.63, 3.8) is 0 Å². The smallest absolute Gasteiger partial charge is 0.222 e. The minimum Gasteiger partial charge on any atom is -0.346 e. The van der Waals surface area contributed by atoms with E-state index in [-0.39, 0.29) is 0 Å². The third kappa shape index (κ3) is 31.2. The van der Waals surface area contributed by atoms with Crippen LogP contribution in [0.2, 0.25) is 0 Å². The molecule has 0 aliphatic rings. The Balaban J connectivity index is 3.80. The van der Waals surface area contributed by atoms with E-state index in [1.54, 1.807) is 0 Å². The number of carbonyl (C=O) groups is 2. The molecular formula is C44H94N6O2+2. The first-order valence-corrected chi connectivity index (χ1v) is 22.3. The second-order valence-corrected chi connectivity index (χ2v) is 18.0. The van der Waals surface area contributed by atoms with Crippen LogP contribution in [0.1, 0.15) is 156 Å². The zero-order valence-corrected chi connectivity index (χ0v) is 37.0. The summed E-state index contributed by atoms with van der Waals surface area (Å²) in [6, 6.07) is 0. The van der Waals surface area contributed by atoms with Crippen molar-refractivity contribution in [1.29, 1.82) is 0 Å². The van der Waals surface area contributed by atoms with E-state index in [9.17, 15) is 9.59 Å². The summed E-state index contributed by atoms with van der Waals surface area (Å²) in [5.74, 6) is 1.63. The SMILES string of the molecule is CCCCCCCC(C)CC(=O)N(C)CCC[N+](C)(C)CCCNCCCCNCCC[N+](C)(C)CCCN(C)C(=O)CC(C)CCCCCCC. The highest BCUT2D eigenvalue weighted by molar-refractivity contribution is 5.76. The number of unbranched alkanes of at least 4 members (excludes halogenated alkanes) is 9. The molecule has 0 radical (unpaired) electrons. The van der Waals surface area contributed by atoms with E-state index in [2.05, 4.69) is 66.5 Å². The van der Waals surface area contributed by atoms with Crippen molar-refractivity contribution < 1.29 is 18.6 Å². The molecule has 0 saturated carbocycles. The standard InChI is InChI=1S/C44H94N6O2/c1-11-13-15-17-19-27-41(3)39-43(51)47(5)33-25-37-49(7,8)35-23-31-45-29-21-22-30-46-32-24-36-50(9,10)38-26-34-48(6)44(52)40-42(4)28-20-18-16-14-12-2/h41-42,45-46H,11-40H2,1-10H3/q+2. The van der Waals surface area contributed by atoms with Crippen LogP contribution in [0.3, 0.4) is 0 Å². The molecule has 0 bridgehead atoms. The van der Waals surface area contributed by atoms with E-state index in [0.29, 0.717) is 36.5 Å². The molecule has 0 rings (SSSR count). The van der Waals surface area contributed by atoms with E-state index >= 15 is 0 Å². The molecule has 0 aliphatic heterocycles. The number of hydrogen-bond donors (Lipinski definition) is 2. The summed E-state index contributed by atoms with van der Waals surface area (Å²) in [5.41, 5.74) is 0. The van der Waals surface area contributed by atoms with Gasteiger partial charge in [-0.1, -0.05) is 105 Å². The lowest BCUT2D eigenvalue weighted by Crippen LogP contribution is -2.43. The van der Waals surface area contributed by atoms with E-state index in [1.807, 2.05) is 23.9 Å². The average molecular weight is 739 g/mol. The molecule has 8 nitrogen and oxygen atoms in total. The fraction of sp³-hybridized carbons (Fsp3) is 0.955. The molecule has 2 N–H and O–H groups in total. The topological polar surface area (TPSA) is 64.7 Å². The van der Waals surface area contributed by atoms with Gasteiger partial charge in [-0.15, -0.1) is 0 Å². The van der Waals surface area contributed by atoms with Crippen LogP contribution in [0.4, 0.5) is 0 Å². The van der Waals surface area contributed by atoms with Crippen molar-refractivity contribution >= 4 is 11.8 Å². The normalized spacial score (nSPS) is 13.3. The molecule has 0 aromatic heterocycles. The van der Waals surface area contributed by atoms with Crippen molar-refractivity contribution in [1.82, 2.24) is 20.4 Å². The lowest BCUT2D eigenvalue weighted by atomic mass is 9.98. The molecule has 2 atom stereocenters. The van der Waals surface area contributed by atoms with Gasteiger partial charge in [0.05, 0.1) is 54.4 Å². The second-order valence-electron chi connectivity index (χ2n) is 18.0. The van der Waals surface area contributed by atoms with Crippen LogP contribution in [0.25, 0.3) is 0 Å². The summed E-state index contributed by atoms with van der Waals surface area (Å²) in [6.45, 7) is 19.7. The molecule has 2 unspecified atom stereocenters. The molecule has 0 fully saturated rings. The number of nitrogens with zero attached hydrogens (tertiary/aromatic N) is 4. The van der Waals surface area contributed by atoms with Gasteiger partial charge in [0.1, 0.15) is 0 Å². The molecule has 310 valence electrons. The van der Waals surface area contributed by atoms with Gasteiger partial charge in [-0.05, 0) is 37.8 Å². The summed E-state index contributed by atoms with van der Waals surface area (Å²) in [5, 5.41) is 7.30. The summed E-state index contributed by atoms with van der Waals surface area (Å²) >= 11 is 0. The monoisotopic (exact) mass is 739 g/mol. The molecule has 2 amide bonds. The third-order valence-electron chi connectivity index (χ3n) is 11.2. The Morgan fingerprint density at radius 3 is 1.17 bits per heavy atom. The van der Waals surface area contributed by atoms with Crippen LogP contribution in [-0.2, 0) is 9.59 Å². The van der Waals surface area contributed by atoms with Crippen molar-refractivity contribution in [2.75, 3.05) is 108 Å². The van der Waals surface area contributed by atoms with E-state index < -0.39 is 0 Å². The van der Waals surface area contributed by atoms with Gasteiger partial charge in [0.2, 0.25) is 11.8 Å². The summed E-state index contributed by atoms with van der Waals surface area (Å²) in [7, 11) is 13.3. The number of carbonyl (C=O) groups excluding carboxylic acids is 2. The summed E-state index contributed by atoms with van der Waals surface area (Å²) in [4.78, 5) is 29.3. The molecular weight excluding hydrogens is 645 g/mol. The van der Waals surface area contributed by atoms with Gasteiger partial charge in [0.25, 0.3) is 0 Å². The number of quaternary nitrogens is 2. The maximum atomic E-state index is 12.7. The fourth-order valence-electron chi connectivity index (χ4n) is 7.26. The third-order valence-corrected chi connectivity index (χ3v) is 11.2. The Morgan fingerprint density at radius 1 is 0.481 bits per heavy atom. The molecule has 52 heavy (non-hydrogen) atoms. The largest absolute Gasteiger partial charge is 0.346 e. The highest BCUT2D eigenvalue weighted by atomic mass is 16.2.